The molecule has 0 atom stereocenters. The fourth-order valence-corrected chi connectivity index (χ4v) is 1.94. The van der Waals surface area contributed by atoms with Crippen LogP contribution in [0, 0.1) is 11.3 Å². The molecule has 2 rings (SSSR count). The Hall–Kier alpha value is -2.71. The normalized spacial score (nSPS) is 9.68. The maximum atomic E-state index is 12.7. The fraction of sp³-hybridized carbons (Fsp3) is 0.118. The molecule has 0 aliphatic carbocycles. The van der Waals surface area contributed by atoms with Crippen LogP contribution in [-0.2, 0) is 0 Å². The highest BCUT2D eigenvalue weighted by Gasteiger charge is 2.18. The molecule has 22 heavy (non-hydrogen) atoms. The molecular formula is C17H14N2O2S. The molecule has 0 spiro atoms. The molecule has 0 fully saturated rings. The van der Waals surface area contributed by atoms with E-state index in [1.54, 1.807) is 67.5 Å². The first kappa shape index (κ1) is 15.7. The Balaban J connectivity index is 2.43. The minimum atomic E-state index is -0.269. The summed E-state index contributed by atoms with van der Waals surface area (Å²) in [7, 11) is 3.52. The molecule has 0 saturated heterocycles. The third kappa shape index (κ3) is 3.30. The lowest BCUT2D eigenvalue weighted by Gasteiger charge is -2.16. The first-order valence-electron chi connectivity index (χ1n) is 6.56. The molecule has 0 N–H and O–H groups in total. The molecule has 2 aromatic rings. The Morgan fingerprint density at radius 3 is 2.32 bits per heavy atom. The lowest BCUT2D eigenvalue weighted by molar-refractivity contribution is 0.103. The van der Waals surface area contributed by atoms with Crippen LogP contribution >= 0.6 is 12.2 Å². The van der Waals surface area contributed by atoms with Crippen LogP contribution in [0.15, 0.2) is 48.5 Å². The Kier molecular flexibility index (Phi) is 4.87. The van der Waals surface area contributed by atoms with Crippen molar-refractivity contribution in [3.63, 3.8) is 0 Å². The van der Waals surface area contributed by atoms with Crippen molar-refractivity contribution in [2.45, 2.75) is 0 Å². The predicted octanol–water partition coefficient (Wildman–Crippen LogP) is 3.01. The molecule has 0 aliphatic heterocycles. The van der Waals surface area contributed by atoms with Crippen molar-refractivity contribution in [2.75, 3.05) is 14.1 Å². The van der Waals surface area contributed by atoms with Gasteiger partial charge in [-0.1, -0.05) is 24.3 Å². The van der Waals surface area contributed by atoms with E-state index in [4.69, 9.17) is 22.2 Å². The number of ether oxygens (including phenoxy) is 1. The van der Waals surface area contributed by atoms with Crippen molar-refractivity contribution < 1.29 is 9.53 Å². The van der Waals surface area contributed by atoms with Gasteiger partial charge in [-0.15, -0.1) is 0 Å². The average Bonchev–Trinajstić information content (AvgIpc) is 2.54. The molecule has 0 aromatic heterocycles. The number of carbonyl (C=O) groups excluding carboxylic acids is 1. The van der Waals surface area contributed by atoms with Crippen LogP contribution in [-0.4, -0.2) is 30.0 Å². The van der Waals surface area contributed by atoms with Crippen LogP contribution in [0.1, 0.15) is 21.5 Å². The smallest absolute Gasteiger partial charge is 0.264 e. The zero-order valence-electron chi connectivity index (χ0n) is 12.2. The van der Waals surface area contributed by atoms with Crippen molar-refractivity contribution in [1.82, 2.24) is 4.90 Å². The molecule has 0 aliphatic rings. The second kappa shape index (κ2) is 6.83. The molecular weight excluding hydrogens is 296 g/mol. The summed E-state index contributed by atoms with van der Waals surface area (Å²) in [5.74, 6) is 0.105. The fourth-order valence-electron chi connectivity index (χ4n) is 1.85. The maximum Gasteiger partial charge on any atom is 0.264 e. The van der Waals surface area contributed by atoms with Gasteiger partial charge in [0, 0.05) is 19.7 Å². The lowest BCUT2D eigenvalue weighted by atomic mass is 9.98. The largest absolute Gasteiger partial charge is 0.431 e. The number of nitrogens with zero attached hydrogens (tertiary/aromatic N) is 2. The number of para-hydroxylation sites is 1. The number of hydrogen-bond acceptors (Lipinski definition) is 4. The summed E-state index contributed by atoms with van der Waals surface area (Å²) in [4.78, 5) is 14.3. The summed E-state index contributed by atoms with van der Waals surface area (Å²) >= 11 is 5.11. The van der Waals surface area contributed by atoms with Crippen LogP contribution in [0.5, 0.6) is 5.75 Å². The van der Waals surface area contributed by atoms with Crippen LogP contribution in [0.25, 0.3) is 0 Å². The quantitative estimate of drug-likeness (QED) is 0.644. The maximum absolute atomic E-state index is 12.7. The highest BCUT2D eigenvalue weighted by Crippen LogP contribution is 2.23. The summed E-state index contributed by atoms with van der Waals surface area (Å²) in [6.45, 7) is 0. The highest BCUT2D eigenvalue weighted by atomic mass is 32.1. The number of rotatable bonds is 3. The van der Waals surface area contributed by atoms with E-state index in [1.807, 2.05) is 6.07 Å². The summed E-state index contributed by atoms with van der Waals surface area (Å²) in [6.07, 6.45) is 0. The molecule has 0 radical (unpaired) electrons. The topological polar surface area (TPSA) is 53.3 Å². The SMILES string of the molecule is CN(C)C(=S)Oc1ccccc1C(=O)c1ccccc1C#N. The van der Waals surface area contributed by atoms with Crippen molar-refractivity contribution in [3.05, 3.63) is 65.2 Å². The molecule has 0 amide bonds. The Morgan fingerprint density at radius 2 is 1.68 bits per heavy atom. The van der Waals surface area contributed by atoms with Gasteiger partial charge in [0.05, 0.1) is 17.2 Å². The first-order chi connectivity index (χ1) is 10.5. The monoisotopic (exact) mass is 310 g/mol. The van der Waals surface area contributed by atoms with E-state index in [9.17, 15) is 4.79 Å². The van der Waals surface area contributed by atoms with Crippen LogP contribution in [0.4, 0.5) is 0 Å². The Labute approximate surface area is 134 Å². The molecule has 4 nitrogen and oxygen atoms in total. The van der Waals surface area contributed by atoms with Crippen LogP contribution in [0.2, 0.25) is 0 Å². The van der Waals surface area contributed by atoms with Crippen molar-refractivity contribution >= 4 is 23.2 Å². The van der Waals surface area contributed by atoms with Gasteiger partial charge in [0.25, 0.3) is 5.17 Å². The number of nitriles is 1. The summed E-state index contributed by atoms with van der Waals surface area (Å²) in [6, 6.07) is 15.6. The van der Waals surface area contributed by atoms with Gasteiger partial charge in [-0.3, -0.25) is 4.79 Å². The van der Waals surface area contributed by atoms with E-state index in [1.165, 1.54) is 0 Å². The molecule has 0 saturated carbocycles. The third-order valence-electron chi connectivity index (χ3n) is 2.99. The minimum Gasteiger partial charge on any atom is -0.431 e. The van der Waals surface area contributed by atoms with Gasteiger partial charge >= 0.3 is 0 Å². The number of carbonyl (C=O) groups is 1. The molecule has 0 unspecified atom stereocenters. The van der Waals surface area contributed by atoms with Gasteiger partial charge < -0.3 is 9.64 Å². The van der Waals surface area contributed by atoms with Gasteiger partial charge in [0.15, 0.2) is 5.78 Å². The Bertz CT molecular complexity index is 763. The number of hydrogen-bond donors (Lipinski definition) is 0. The standard InChI is InChI=1S/C17H14N2O2S/c1-19(2)17(22)21-15-10-6-5-9-14(15)16(20)13-8-4-3-7-12(13)11-18/h3-10H,1-2H3. The van der Waals surface area contributed by atoms with Crippen LogP contribution < -0.4 is 4.74 Å². The average molecular weight is 310 g/mol. The highest BCUT2D eigenvalue weighted by molar-refractivity contribution is 7.80. The second-order valence-corrected chi connectivity index (χ2v) is 5.09. The van der Waals surface area contributed by atoms with Gasteiger partial charge in [-0.05, 0) is 36.5 Å². The molecule has 5 heteroatoms. The van der Waals surface area contributed by atoms with Crippen molar-refractivity contribution in [3.8, 4) is 11.8 Å². The lowest BCUT2D eigenvalue weighted by Crippen LogP contribution is -2.25. The molecule has 2 aromatic carbocycles. The van der Waals surface area contributed by atoms with Crippen LogP contribution in [0.3, 0.4) is 0 Å². The van der Waals surface area contributed by atoms with E-state index in [0.29, 0.717) is 22.4 Å². The van der Waals surface area contributed by atoms with Crippen molar-refractivity contribution in [1.29, 1.82) is 5.26 Å². The zero-order chi connectivity index (χ0) is 16.1. The van der Waals surface area contributed by atoms with E-state index in [-0.39, 0.29) is 11.0 Å². The number of ketones is 1. The predicted molar refractivity (Wildman–Crippen MR) is 87.9 cm³/mol. The van der Waals surface area contributed by atoms with Crippen molar-refractivity contribution in [2.24, 2.45) is 0 Å². The molecule has 0 bridgehead atoms. The second-order valence-electron chi connectivity index (χ2n) is 4.75. The first-order valence-corrected chi connectivity index (χ1v) is 6.97. The van der Waals surface area contributed by atoms with Gasteiger partial charge in [0.1, 0.15) is 5.75 Å². The van der Waals surface area contributed by atoms with E-state index < -0.39 is 0 Å². The van der Waals surface area contributed by atoms with E-state index >= 15 is 0 Å². The molecule has 110 valence electrons. The van der Waals surface area contributed by atoms with Gasteiger partial charge in [-0.25, -0.2) is 0 Å². The minimum absolute atomic E-state index is 0.258. The Morgan fingerprint density at radius 1 is 1.09 bits per heavy atom. The van der Waals surface area contributed by atoms with E-state index in [0.717, 1.165) is 0 Å². The molecule has 0 heterocycles. The van der Waals surface area contributed by atoms with E-state index in [2.05, 4.69) is 0 Å². The van der Waals surface area contributed by atoms with Gasteiger partial charge in [0.2, 0.25) is 0 Å². The summed E-state index contributed by atoms with van der Waals surface area (Å²) < 4.78 is 5.58. The summed E-state index contributed by atoms with van der Waals surface area (Å²) in [5.41, 5.74) is 1.05. The van der Waals surface area contributed by atoms with Gasteiger partial charge in [-0.2, -0.15) is 5.26 Å². The third-order valence-corrected chi connectivity index (χ3v) is 3.43. The summed E-state index contributed by atoms with van der Waals surface area (Å²) in [5, 5.41) is 9.40. The number of thiocarbonyl (C=S) groups is 1. The number of benzene rings is 2. The zero-order valence-corrected chi connectivity index (χ0v) is 13.1.